The molecular weight excluding hydrogens is 382 g/mol. The first kappa shape index (κ1) is 22.8. The van der Waals surface area contributed by atoms with Gasteiger partial charge in [0.15, 0.2) is 0 Å². The van der Waals surface area contributed by atoms with Crippen molar-refractivity contribution >= 4 is 5.97 Å². The van der Waals surface area contributed by atoms with Gasteiger partial charge in [0, 0.05) is 12.0 Å². The van der Waals surface area contributed by atoms with Crippen molar-refractivity contribution in [2.24, 2.45) is 0 Å². The maximum atomic E-state index is 12.2. The zero-order valence-electron chi connectivity index (χ0n) is 19.0. The molecule has 0 amide bonds. The minimum atomic E-state index is -0.474. The first-order valence-corrected chi connectivity index (χ1v) is 11.0. The molecule has 31 heavy (non-hydrogen) atoms. The molecule has 0 aliphatic carbocycles. The van der Waals surface area contributed by atoms with Crippen molar-refractivity contribution in [3.05, 3.63) is 96.1 Å². The summed E-state index contributed by atoms with van der Waals surface area (Å²) in [6.45, 7) is 8.01. The summed E-state index contributed by atoms with van der Waals surface area (Å²) in [4.78, 5) is 12.2. The Morgan fingerprint density at radius 2 is 1.39 bits per heavy atom. The summed E-state index contributed by atoms with van der Waals surface area (Å²) >= 11 is 0. The Morgan fingerprint density at radius 3 is 1.97 bits per heavy atom. The fourth-order valence-electron chi connectivity index (χ4n) is 3.77. The molecule has 0 aliphatic rings. The minimum Gasteiger partial charge on any atom is -0.459 e. The molecule has 0 bridgehead atoms. The monoisotopic (exact) mass is 415 g/mol. The van der Waals surface area contributed by atoms with Gasteiger partial charge in [0.1, 0.15) is 5.60 Å². The molecule has 0 fully saturated rings. The smallest absolute Gasteiger partial charge is 0.320 e. The maximum absolute atomic E-state index is 12.2. The molecule has 0 spiro atoms. The topological polar surface area (TPSA) is 38.3 Å². The van der Waals surface area contributed by atoms with Gasteiger partial charge in [-0.3, -0.25) is 4.79 Å². The lowest BCUT2D eigenvalue weighted by Gasteiger charge is -2.27. The van der Waals surface area contributed by atoms with E-state index in [0.717, 1.165) is 6.42 Å². The van der Waals surface area contributed by atoms with Gasteiger partial charge >= 0.3 is 5.97 Å². The minimum absolute atomic E-state index is 0.107. The molecule has 3 aromatic carbocycles. The lowest BCUT2D eigenvalue weighted by atomic mass is 9.86. The molecule has 3 aromatic rings. The van der Waals surface area contributed by atoms with Crippen LogP contribution in [0.2, 0.25) is 0 Å². The van der Waals surface area contributed by atoms with E-state index in [1.165, 1.54) is 22.3 Å². The fraction of sp³-hybridized carbons (Fsp3) is 0.321. The van der Waals surface area contributed by atoms with E-state index in [9.17, 15) is 4.79 Å². The third-order valence-corrected chi connectivity index (χ3v) is 5.34. The molecule has 3 nitrogen and oxygen atoms in total. The van der Waals surface area contributed by atoms with Gasteiger partial charge < -0.3 is 10.1 Å². The van der Waals surface area contributed by atoms with E-state index in [1.807, 2.05) is 32.9 Å². The van der Waals surface area contributed by atoms with Gasteiger partial charge in [-0.25, -0.2) is 0 Å². The fourth-order valence-corrected chi connectivity index (χ4v) is 3.77. The number of hydrogen-bond acceptors (Lipinski definition) is 3. The van der Waals surface area contributed by atoms with Crippen LogP contribution in [0.4, 0.5) is 0 Å². The summed E-state index contributed by atoms with van der Waals surface area (Å²) in [5.74, 6) is 0.00639. The largest absolute Gasteiger partial charge is 0.459 e. The number of benzene rings is 3. The number of rotatable bonds is 8. The lowest BCUT2D eigenvalue weighted by Crippen LogP contribution is -2.39. The average molecular weight is 416 g/mol. The predicted octanol–water partition coefficient (Wildman–Crippen LogP) is 6.00. The second kappa shape index (κ2) is 10.4. The summed E-state index contributed by atoms with van der Waals surface area (Å²) in [6, 6.07) is 29.8. The number of nitrogens with one attached hydrogen (secondary N) is 1. The molecule has 2 atom stereocenters. The van der Waals surface area contributed by atoms with Crippen LogP contribution in [-0.2, 0) is 16.0 Å². The van der Waals surface area contributed by atoms with Crippen LogP contribution in [0.3, 0.4) is 0 Å². The van der Waals surface area contributed by atoms with Crippen molar-refractivity contribution < 1.29 is 9.53 Å². The Hall–Kier alpha value is -2.91. The zero-order chi connectivity index (χ0) is 22.3. The highest BCUT2D eigenvalue weighted by Gasteiger charge is 2.22. The molecule has 162 valence electrons. The molecule has 1 N–H and O–H groups in total. The van der Waals surface area contributed by atoms with Crippen LogP contribution in [0.5, 0.6) is 0 Å². The maximum Gasteiger partial charge on any atom is 0.320 e. The quantitative estimate of drug-likeness (QED) is 0.459. The molecule has 0 radical (unpaired) electrons. The zero-order valence-corrected chi connectivity index (χ0v) is 19.0. The first-order valence-electron chi connectivity index (χ1n) is 11.0. The van der Waals surface area contributed by atoms with Gasteiger partial charge in [-0.2, -0.15) is 0 Å². The summed E-state index contributed by atoms with van der Waals surface area (Å²) in [5.41, 5.74) is 4.49. The summed E-state index contributed by atoms with van der Waals surface area (Å²) in [6.07, 6.45) is 0.897. The van der Waals surface area contributed by atoms with Crippen molar-refractivity contribution in [2.75, 3.05) is 6.54 Å². The SMILES string of the molecule is CC(NCC(=O)OC(C)(C)C)C(Cc1ccccc1)c1ccc(-c2ccccc2)cc1. The third-order valence-electron chi connectivity index (χ3n) is 5.34. The summed E-state index contributed by atoms with van der Waals surface area (Å²) < 4.78 is 5.46. The standard InChI is InChI=1S/C28H33NO2/c1-21(29-20-27(30)31-28(2,3)4)26(19-22-11-7-5-8-12-22)25-17-15-24(16-18-25)23-13-9-6-10-14-23/h5-18,21,26,29H,19-20H2,1-4H3. The second-order valence-electron chi connectivity index (χ2n) is 9.04. The summed E-state index contributed by atoms with van der Waals surface area (Å²) in [5, 5.41) is 3.40. The Kier molecular flexibility index (Phi) is 7.64. The van der Waals surface area contributed by atoms with Crippen LogP contribution in [0.25, 0.3) is 11.1 Å². The molecule has 0 saturated heterocycles. The van der Waals surface area contributed by atoms with Crippen LogP contribution in [0.15, 0.2) is 84.9 Å². The molecule has 0 aromatic heterocycles. The molecular formula is C28H33NO2. The van der Waals surface area contributed by atoms with Crippen LogP contribution in [-0.4, -0.2) is 24.2 Å². The van der Waals surface area contributed by atoms with Crippen LogP contribution < -0.4 is 5.32 Å². The highest BCUT2D eigenvalue weighted by atomic mass is 16.6. The number of carbonyl (C=O) groups excluding carboxylic acids is 1. The van der Waals surface area contributed by atoms with Gasteiger partial charge in [-0.1, -0.05) is 84.9 Å². The van der Waals surface area contributed by atoms with Crippen LogP contribution in [0, 0.1) is 0 Å². The van der Waals surface area contributed by atoms with E-state index >= 15 is 0 Å². The van der Waals surface area contributed by atoms with Gasteiger partial charge in [-0.05, 0) is 56.4 Å². The second-order valence-corrected chi connectivity index (χ2v) is 9.04. The normalized spacial score (nSPS) is 13.4. The average Bonchev–Trinajstić information content (AvgIpc) is 2.76. The van der Waals surface area contributed by atoms with Crippen molar-refractivity contribution in [3.63, 3.8) is 0 Å². The van der Waals surface area contributed by atoms with Crippen LogP contribution in [0.1, 0.15) is 44.7 Å². The highest BCUT2D eigenvalue weighted by molar-refractivity contribution is 5.72. The molecule has 0 heterocycles. The molecule has 2 unspecified atom stereocenters. The van der Waals surface area contributed by atoms with E-state index < -0.39 is 5.60 Å². The van der Waals surface area contributed by atoms with Crippen molar-refractivity contribution in [1.82, 2.24) is 5.32 Å². The Labute approximate surface area is 186 Å². The Balaban J connectivity index is 1.77. The van der Waals surface area contributed by atoms with Gasteiger partial charge in [-0.15, -0.1) is 0 Å². The number of esters is 1. The molecule has 0 aliphatic heterocycles. The van der Waals surface area contributed by atoms with E-state index in [2.05, 4.69) is 85.0 Å². The molecule has 0 saturated carbocycles. The number of hydrogen-bond donors (Lipinski definition) is 1. The highest BCUT2D eigenvalue weighted by Crippen LogP contribution is 2.27. The molecule has 3 heteroatoms. The Morgan fingerprint density at radius 1 is 0.839 bits per heavy atom. The van der Waals surface area contributed by atoms with E-state index in [0.29, 0.717) is 0 Å². The van der Waals surface area contributed by atoms with Crippen molar-refractivity contribution in [2.45, 2.75) is 51.7 Å². The third kappa shape index (κ3) is 7.08. The number of carbonyl (C=O) groups is 1. The van der Waals surface area contributed by atoms with Crippen LogP contribution >= 0.6 is 0 Å². The van der Waals surface area contributed by atoms with E-state index in [-0.39, 0.29) is 24.5 Å². The first-order chi connectivity index (χ1) is 14.8. The lowest BCUT2D eigenvalue weighted by molar-refractivity contribution is -0.153. The van der Waals surface area contributed by atoms with Gasteiger partial charge in [0.2, 0.25) is 0 Å². The molecule has 3 rings (SSSR count). The Bertz CT molecular complexity index is 944. The van der Waals surface area contributed by atoms with Gasteiger partial charge in [0.05, 0.1) is 6.54 Å². The van der Waals surface area contributed by atoms with Crippen molar-refractivity contribution in [1.29, 1.82) is 0 Å². The van der Waals surface area contributed by atoms with Gasteiger partial charge in [0.25, 0.3) is 0 Å². The van der Waals surface area contributed by atoms with E-state index in [4.69, 9.17) is 4.74 Å². The van der Waals surface area contributed by atoms with Crippen molar-refractivity contribution in [3.8, 4) is 11.1 Å². The summed E-state index contributed by atoms with van der Waals surface area (Å²) in [7, 11) is 0. The number of ether oxygens (including phenoxy) is 1. The predicted molar refractivity (Wildman–Crippen MR) is 128 cm³/mol. The van der Waals surface area contributed by atoms with E-state index in [1.54, 1.807) is 0 Å².